The Hall–Kier alpha value is -0.770. The van der Waals surface area contributed by atoms with Crippen molar-refractivity contribution >= 4 is 6.09 Å². The van der Waals surface area contributed by atoms with E-state index in [2.05, 4.69) is 12.2 Å². The van der Waals surface area contributed by atoms with Crippen molar-refractivity contribution in [1.82, 2.24) is 10.2 Å². The largest absolute Gasteiger partial charge is 0.444 e. The second kappa shape index (κ2) is 8.36. The fraction of sp³-hybridized carbons (Fsp3) is 0.947. The monoisotopic (exact) mass is 324 g/mol. The van der Waals surface area contributed by atoms with Gasteiger partial charge in [0, 0.05) is 19.1 Å². The molecule has 1 N–H and O–H groups in total. The Labute approximate surface area is 142 Å². The summed E-state index contributed by atoms with van der Waals surface area (Å²) in [4.78, 5) is 14.1. The molecule has 0 bridgehead atoms. The second-order valence-electron chi connectivity index (χ2n) is 8.65. The molecule has 4 heteroatoms. The van der Waals surface area contributed by atoms with Crippen LogP contribution in [0, 0.1) is 11.8 Å². The third kappa shape index (κ3) is 6.70. The molecule has 0 aromatic rings. The van der Waals surface area contributed by atoms with Crippen LogP contribution >= 0.6 is 0 Å². The normalized spacial score (nSPS) is 29.9. The predicted octanol–water partition coefficient (Wildman–Crippen LogP) is 4.19. The van der Waals surface area contributed by atoms with Gasteiger partial charge < -0.3 is 15.0 Å². The predicted molar refractivity (Wildman–Crippen MR) is 94.6 cm³/mol. The number of hydrogen-bond acceptors (Lipinski definition) is 3. The van der Waals surface area contributed by atoms with Crippen molar-refractivity contribution in [1.29, 1.82) is 0 Å². The lowest BCUT2D eigenvalue weighted by Crippen LogP contribution is -2.46. The number of rotatable bonds is 3. The number of hydrogen-bond donors (Lipinski definition) is 1. The van der Waals surface area contributed by atoms with Crippen molar-refractivity contribution in [3.05, 3.63) is 0 Å². The van der Waals surface area contributed by atoms with E-state index in [-0.39, 0.29) is 6.09 Å². The molecule has 1 aliphatic carbocycles. The van der Waals surface area contributed by atoms with Gasteiger partial charge in [-0.3, -0.25) is 0 Å². The molecule has 4 nitrogen and oxygen atoms in total. The lowest BCUT2D eigenvalue weighted by atomic mass is 9.97. The average Bonchev–Trinajstić information content (AvgIpc) is 2.68. The van der Waals surface area contributed by atoms with Crippen LogP contribution in [0.3, 0.4) is 0 Å². The molecule has 3 unspecified atom stereocenters. The number of nitrogens with zero attached hydrogens (tertiary/aromatic N) is 1. The first-order valence-electron chi connectivity index (χ1n) is 9.55. The van der Waals surface area contributed by atoms with Gasteiger partial charge in [0.25, 0.3) is 0 Å². The smallest absolute Gasteiger partial charge is 0.410 e. The molecule has 3 atom stereocenters. The second-order valence-corrected chi connectivity index (χ2v) is 8.65. The van der Waals surface area contributed by atoms with Crippen molar-refractivity contribution in [3.63, 3.8) is 0 Å². The molecule has 1 saturated carbocycles. The molecule has 0 aromatic heterocycles. The lowest BCUT2D eigenvalue weighted by Gasteiger charge is -2.34. The van der Waals surface area contributed by atoms with E-state index in [0.29, 0.717) is 12.0 Å². The average molecular weight is 325 g/mol. The molecule has 0 spiro atoms. The summed E-state index contributed by atoms with van der Waals surface area (Å²) in [6.07, 6.45) is 8.87. The number of carbonyl (C=O) groups excluding carboxylic acids is 1. The Morgan fingerprint density at radius 3 is 2.65 bits per heavy atom. The number of nitrogens with one attached hydrogen (secondary N) is 1. The van der Waals surface area contributed by atoms with E-state index in [4.69, 9.17) is 4.74 Å². The Bertz CT molecular complexity index is 378. The molecule has 2 fully saturated rings. The van der Waals surface area contributed by atoms with E-state index < -0.39 is 5.60 Å². The number of amides is 1. The highest BCUT2D eigenvalue weighted by molar-refractivity contribution is 5.68. The summed E-state index contributed by atoms with van der Waals surface area (Å²) in [5.41, 5.74) is -0.403. The topological polar surface area (TPSA) is 41.6 Å². The molecule has 1 heterocycles. The highest BCUT2D eigenvalue weighted by Crippen LogP contribution is 2.24. The van der Waals surface area contributed by atoms with E-state index in [9.17, 15) is 4.79 Å². The first-order valence-corrected chi connectivity index (χ1v) is 9.55. The third-order valence-electron chi connectivity index (χ3n) is 5.12. The van der Waals surface area contributed by atoms with Crippen molar-refractivity contribution < 1.29 is 9.53 Å². The summed E-state index contributed by atoms with van der Waals surface area (Å²) in [6, 6.07) is 0.678. The van der Waals surface area contributed by atoms with Crippen molar-refractivity contribution in [2.75, 3.05) is 19.6 Å². The van der Waals surface area contributed by atoms with Gasteiger partial charge in [-0.05, 0) is 71.3 Å². The van der Waals surface area contributed by atoms with Crippen LogP contribution in [0.4, 0.5) is 4.79 Å². The van der Waals surface area contributed by atoms with Gasteiger partial charge in [-0.1, -0.05) is 19.8 Å². The van der Waals surface area contributed by atoms with E-state index >= 15 is 0 Å². The number of carbonyl (C=O) groups is 1. The number of likely N-dealkylation sites (tertiary alicyclic amines) is 1. The Kier molecular flexibility index (Phi) is 6.75. The quantitative estimate of drug-likeness (QED) is 0.791. The van der Waals surface area contributed by atoms with Crippen molar-refractivity contribution in [2.45, 2.75) is 84.3 Å². The summed E-state index contributed by atoms with van der Waals surface area (Å²) in [7, 11) is 0. The van der Waals surface area contributed by atoms with E-state index in [0.717, 1.165) is 32.0 Å². The summed E-state index contributed by atoms with van der Waals surface area (Å²) in [5.74, 6) is 1.45. The highest BCUT2D eigenvalue weighted by Gasteiger charge is 2.28. The molecule has 2 aliphatic rings. The summed E-state index contributed by atoms with van der Waals surface area (Å²) >= 11 is 0. The third-order valence-corrected chi connectivity index (χ3v) is 5.12. The van der Waals surface area contributed by atoms with E-state index in [1.807, 2.05) is 25.7 Å². The zero-order valence-electron chi connectivity index (χ0n) is 15.6. The van der Waals surface area contributed by atoms with Gasteiger partial charge in [-0.25, -0.2) is 4.79 Å². The minimum atomic E-state index is -0.403. The van der Waals surface area contributed by atoms with Crippen LogP contribution in [0.25, 0.3) is 0 Å². The minimum absolute atomic E-state index is 0.148. The van der Waals surface area contributed by atoms with Gasteiger partial charge in [-0.15, -0.1) is 0 Å². The maximum atomic E-state index is 12.2. The first-order chi connectivity index (χ1) is 10.8. The van der Waals surface area contributed by atoms with Crippen molar-refractivity contribution in [2.24, 2.45) is 11.8 Å². The molecule has 2 rings (SSSR count). The molecule has 1 amide bonds. The SMILES string of the molecule is CC1CCCC(NCC2CCCN(C(=O)OC(C)(C)C)C2)CC1. The standard InChI is InChI=1S/C19H36N2O2/c1-15-7-5-9-17(11-10-15)20-13-16-8-6-12-21(14-16)18(22)23-19(2,3)4/h15-17,20H,5-14H2,1-4H3. The summed E-state index contributed by atoms with van der Waals surface area (Å²) in [5, 5.41) is 3.78. The van der Waals surface area contributed by atoms with Crippen LogP contribution in [-0.4, -0.2) is 42.3 Å². The number of ether oxygens (including phenoxy) is 1. The van der Waals surface area contributed by atoms with Crippen LogP contribution in [-0.2, 0) is 4.74 Å². The fourth-order valence-corrected chi connectivity index (χ4v) is 3.75. The minimum Gasteiger partial charge on any atom is -0.444 e. The molecular weight excluding hydrogens is 288 g/mol. The van der Waals surface area contributed by atoms with Gasteiger partial charge >= 0.3 is 6.09 Å². The molecule has 1 saturated heterocycles. The molecule has 134 valence electrons. The molecule has 0 aromatic carbocycles. The van der Waals surface area contributed by atoms with Gasteiger partial charge in [-0.2, -0.15) is 0 Å². The maximum absolute atomic E-state index is 12.2. The van der Waals surface area contributed by atoms with Crippen LogP contribution < -0.4 is 5.32 Å². The Morgan fingerprint density at radius 1 is 1.13 bits per heavy atom. The summed E-state index contributed by atoms with van der Waals surface area (Å²) in [6.45, 7) is 10.9. The van der Waals surface area contributed by atoms with Crippen LogP contribution in [0.1, 0.15) is 72.6 Å². The van der Waals surface area contributed by atoms with Gasteiger partial charge in [0.1, 0.15) is 5.60 Å². The van der Waals surface area contributed by atoms with Crippen LogP contribution in [0.15, 0.2) is 0 Å². The molecule has 1 aliphatic heterocycles. The number of piperidine rings is 1. The molecule has 0 radical (unpaired) electrons. The van der Waals surface area contributed by atoms with Crippen LogP contribution in [0.2, 0.25) is 0 Å². The van der Waals surface area contributed by atoms with E-state index in [1.165, 1.54) is 38.5 Å². The lowest BCUT2D eigenvalue weighted by molar-refractivity contribution is 0.0165. The zero-order chi connectivity index (χ0) is 16.9. The highest BCUT2D eigenvalue weighted by atomic mass is 16.6. The zero-order valence-corrected chi connectivity index (χ0v) is 15.6. The summed E-state index contributed by atoms with van der Waals surface area (Å²) < 4.78 is 5.51. The van der Waals surface area contributed by atoms with Gasteiger partial charge in [0.2, 0.25) is 0 Å². The maximum Gasteiger partial charge on any atom is 0.410 e. The van der Waals surface area contributed by atoms with Crippen molar-refractivity contribution in [3.8, 4) is 0 Å². The molecular formula is C19H36N2O2. The first kappa shape index (κ1) is 18.6. The Balaban J connectivity index is 1.74. The van der Waals surface area contributed by atoms with Gasteiger partial charge in [0.05, 0.1) is 0 Å². The van der Waals surface area contributed by atoms with Crippen LogP contribution in [0.5, 0.6) is 0 Å². The van der Waals surface area contributed by atoms with Gasteiger partial charge in [0.15, 0.2) is 0 Å². The molecule has 23 heavy (non-hydrogen) atoms. The Morgan fingerprint density at radius 2 is 1.91 bits per heavy atom. The fourth-order valence-electron chi connectivity index (χ4n) is 3.75. The van der Waals surface area contributed by atoms with E-state index in [1.54, 1.807) is 0 Å².